The van der Waals surface area contributed by atoms with Crippen LogP contribution in [0.15, 0.2) is 60.9 Å². The van der Waals surface area contributed by atoms with Crippen LogP contribution < -0.4 is 5.62 Å². The van der Waals surface area contributed by atoms with Gasteiger partial charge >= 0.3 is 0 Å². The van der Waals surface area contributed by atoms with E-state index in [1.54, 1.807) is 17.0 Å². The summed E-state index contributed by atoms with van der Waals surface area (Å²) >= 11 is 0. The van der Waals surface area contributed by atoms with Gasteiger partial charge in [-0.05, 0) is 52.8 Å². The third-order valence-corrected chi connectivity index (χ3v) is 6.41. The summed E-state index contributed by atoms with van der Waals surface area (Å²) in [5.41, 5.74) is 4.45. The SMILES string of the molecule is Br.CC(C)(C)c1cc(C(=O)Cn2c(=N)n(Cc3ccncc3)c3ccccc32)cc(C(C)(C)C)c1O. The minimum Gasteiger partial charge on any atom is -0.507 e. The molecule has 6 nitrogen and oxygen atoms in total. The summed E-state index contributed by atoms with van der Waals surface area (Å²) in [5, 5.41) is 19.9. The van der Waals surface area contributed by atoms with E-state index in [1.807, 2.05) is 94.6 Å². The van der Waals surface area contributed by atoms with E-state index in [4.69, 9.17) is 5.41 Å². The number of ketones is 1. The number of carbonyl (C=O) groups excluding carboxylic acids is 1. The van der Waals surface area contributed by atoms with Crippen LogP contribution in [0.3, 0.4) is 0 Å². The van der Waals surface area contributed by atoms with Gasteiger partial charge in [0.1, 0.15) is 5.75 Å². The van der Waals surface area contributed by atoms with Crippen LogP contribution in [-0.4, -0.2) is 25.0 Å². The number of hydrogen-bond donors (Lipinski definition) is 2. The molecule has 190 valence electrons. The normalized spacial score (nSPS) is 11.9. The van der Waals surface area contributed by atoms with Crippen LogP contribution in [0, 0.1) is 5.41 Å². The summed E-state index contributed by atoms with van der Waals surface area (Å²) in [7, 11) is 0. The molecule has 0 radical (unpaired) electrons. The first kappa shape index (κ1) is 27.4. The molecule has 7 heteroatoms. The molecule has 0 unspecified atom stereocenters. The number of halogens is 1. The molecule has 2 aromatic heterocycles. The lowest BCUT2D eigenvalue weighted by Crippen LogP contribution is -2.28. The second-order valence-corrected chi connectivity index (χ2v) is 11.2. The lowest BCUT2D eigenvalue weighted by molar-refractivity contribution is 0.0971. The van der Waals surface area contributed by atoms with Crippen LogP contribution in [0.2, 0.25) is 0 Å². The number of aromatic nitrogens is 3. The Balaban J connectivity index is 0.00000361. The molecule has 2 heterocycles. The van der Waals surface area contributed by atoms with Gasteiger partial charge in [0.2, 0.25) is 5.62 Å². The Morgan fingerprint density at radius 2 is 1.39 bits per heavy atom. The first-order chi connectivity index (χ1) is 16.4. The van der Waals surface area contributed by atoms with Gasteiger partial charge in [-0.2, -0.15) is 0 Å². The van der Waals surface area contributed by atoms with Crippen molar-refractivity contribution >= 4 is 33.8 Å². The van der Waals surface area contributed by atoms with E-state index in [0.29, 0.717) is 12.1 Å². The van der Waals surface area contributed by atoms with Crippen molar-refractivity contribution in [2.75, 3.05) is 0 Å². The summed E-state index contributed by atoms with van der Waals surface area (Å²) in [6.07, 6.45) is 3.49. The lowest BCUT2D eigenvalue weighted by atomic mass is 9.78. The predicted molar refractivity (Wildman–Crippen MR) is 149 cm³/mol. The number of hydrogen-bond acceptors (Lipinski definition) is 4. The third kappa shape index (κ3) is 5.31. The van der Waals surface area contributed by atoms with E-state index in [0.717, 1.165) is 27.7 Å². The molecule has 0 spiro atoms. The maximum atomic E-state index is 13.6. The van der Waals surface area contributed by atoms with Crippen LogP contribution >= 0.6 is 17.0 Å². The quantitative estimate of drug-likeness (QED) is 0.293. The number of nitrogens with zero attached hydrogens (tertiary/aromatic N) is 3. The van der Waals surface area contributed by atoms with Gasteiger partial charge in [0.05, 0.1) is 24.1 Å². The van der Waals surface area contributed by atoms with Gasteiger partial charge in [0, 0.05) is 29.1 Å². The van der Waals surface area contributed by atoms with Crippen LogP contribution in [0.1, 0.15) is 68.6 Å². The maximum Gasteiger partial charge on any atom is 0.203 e. The van der Waals surface area contributed by atoms with Crippen molar-refractivity contribution in [1.82, 2.24) is 14.1 Å². The molecule has 4 aromatic rings. The number of phenols is 1. The molecule has 0 amide bonds. The van der Waals surface area contributed by atoms with Gasteiger partial charge in [0.15, 0.2) is 5.78 Å². The number of pyridine rings is 1. The Morgan fingerprint density at radius 1 is 0.889 bits per heavy atom. The standard InChI is InChI=1S/C29H34N4O2.BrH/c1-28(2,3)21-15-20(16-22(26(21)35)29(4,5)6)25(34)18-33-24-10-8-7-9-23(24)32(27(33)30)17-19-11-13-31-14-12-19;/h7-16,30,35H,17-18H2,1-6H3;1H. The number of imidazole rings is 1. The highest BCUT2D eigenvalue weighted by atomic mass is 79.9. The van der Waals surface area contributed by atoms with Crippen LogP contribution in [-0.2, 0) is 23.9 Å². The van der Waals surface area contributed by atoms with Crippen molar-refractivity contribution < 1.29 is 9.90 Å². The smallest absolute Gasteiger partial charge is 0.203 e. The lowest BCUT2D eigenvalue weighted by Gasteiger charge is -2.28. The molecule has 2 aromatic carbocycles. The predicted octanol–water partition coefficient (Wildman–Crippen LogP) is 6.13. The molecular formula is C29H35BrN4O2. The van der Waals surface area contributed by atoms with E-state index in [2.05, 4.69) is 4.98 Å². The third-order valence-electron chi connectivity index (χ3n) is 6.41. The summed E-state index contributed by atoms with van der Waals surface area (Å²) in [6.45, 7) is 12.8. The number of carbonyl (C=O) groups is 1. The summed E-state index contributed by atoms with van der Waals surface area (Å²) in [4.78, 5) is 17.7. The maximum absolute atomic E-state index is 13.6. The molecule has 4 rings (SSSR count). The van der Waals surface area contributed by atoms with Crippen LogP contribution in [0.4, 0.5) is 0 Å². The Labute approximate surface area is 222 Å². The highest BCUT2D eigenvalue weighted by molar-refractivity contribution is 8.93. The van der Waals surface area contributed by atoms with E-state index >= 15 is 0 Å². The Morgan fingerprint density at radius 3 is 1.89 bits per heavy atom. The Hall–Kier alpha value is -3.19. The van der Waals surface area contributed by atoms with E-state index in [1.165, 1.54) is 0 Å². The number of fused-ring (bicyclic) bond motifs is 1. The van der Waals surface area contributed by atoms with E-state index in [9.17, 15) is 9.90 Å². The molecular weight excluding hydrogens is 516 g/mol. The molecule has 2 N–H and O–H groups in total. The number of aromatic hydroxyl groups is 1. The van der Waals surface area contributed by atoms with E-state index in [-0.39, 0.29) is 51.5 Å². The van der Waals surface area contributed by atoms with Crippen molar-refractivity contribution in [3.63, 3.8) is 0 Å². The molecule has 0 saturated carbocycles. The van der Waals surface area contributed by atoms with Crippen molar-refractivity contribution in [2.45, 2.75) is 65.5 Å². The number of benzene rings is 2. The molecule has 0 aliphatic rings. The van der Waals surface area contributed by atoms with Gasteiger partial charge in [-0.15, -0.1) is 17.0 Å². The number of Topliss-reactive ketones (excluding diaryl/α,β-unsaturated/α-hetero) is 1. The fourth-order valence-corrected chi connectivity index (χ4v) is 4.46. The van der Waals surface area contributed by atoms with Gasteiger partial charge in [-0.3, -0.25) is 15.2 Å². The number of para-hydroxylation sites is 2. The van der Waals surface area contributed by atoms with Gasteiger partial charge in [-0.25, -0.2) is 0 Å². The van der Waals surface area contributed by atoms with Crippen molar-refractivity contribution in [1.29, 1.82) is 5.41 Å². The highest BCUT2D eigenvalue weighted by Gasteiger charge is 2.28. The average molecular weight is 552 g/mol. The molecule has 0 saturated heterocycles. The van der Waals surface area contributed by atoms with Gasteiger partial charge in [-0.1, -0.05) is 53.7 Å². The summed E-state index contributed by atoms with van der Waals surface area (Å²) in [6, 6.07) is 15.3. The van der Waals surface area contributed by atoms with Crippen molar-refractivity contribution in [3.05, 3.63) is 88.8 Å². The minimum atomic E-state index is -0.325. The number of nitrogens with one attached hydrogen (secondary N) is 1. The first-order valence-corrected chi connectivity index (χ1v) is 11.9. The first-order valence-electron chi connectivity index (χ1n) is 11.9. The number of rotatable bonds is 5. The zero-order chi connectivity index (χ0) is 25.5. The van der Waals surface area contributed by atoms with Gasteiger partial charge in [0.25, 0.3) is 0 Å². The van der Waals surface area contributed by atoms with Crippen molar-refractivity contribution in [2.24, 2.45) is 0 Å². The summed E-state index contributed by atoms with van der Waals surface area (Å²) < 4.78 is 3.68. The van der Waals surface area contributed by atoms with Gasteiger partial charge < -0.3 is 14.2 Å². The largest absolute Gasteiger partial charge is 0.507 e. The fraction of sp³-hybridized carbons (Fsp3) is 0.345. The Bertz CT molecular complexity index is 1420. The molecule has 0 fully saturated rings. The second-order valence-electron chi connectivity index (χ2n) is 11.2. The summed E-state index contributed by atoms with van der Waals surface area (Å²) in [5.74, 6) is 0.163. The van der Waals surface area contributed by atoms with Crippen LogP contribution in [0.5, 0.6) is 5.75 Å². The highest BCUT2D eigenvalue weighted by Crippen LogP contribution is 2.40. The zero-order valence-electron chi connectivity index (χ0n) is 21.8. The molecule has 0 aliphatic carbocycles. The zero-order valence-corrected chi connectivity index (χ0v) is 23.5. The molecule has 0 atom stereocenters. The monoisotopic (exact) mass is 550 g/mol. The van der Waals surface area contributed by atoms with E-state index < -0.39 is 0 Å². The van der Waals surface area contributed by atoms with Crippen molar-refractivity contribution in [3.8, 4) is 5.75 Å². The topological polar surface area (TPSA) is 83.9 Å². The Kier molecular flexibility index (Phi) is 7.65. The second kappa shape index (κ2) is 10.1. The number of phenolic OH excluding ortho intramolecular Hbond substituents is 1. The molecule has 0 aliphatic heterocycles. The van der Waals surface area contributed by atoms with Crippen LogP contribution in [0.25, 0.3) is 11.0 Å². The molecule has 0 bridgehead atoms. The minimum absolute atomic E-state index is 0. The molecule has 36 heavy (non-hydrogen) atoms. The fourth-order valence-electron chi connectivity index (χ4n) is 4.46. The average Bonchev–Trinajstić information content (AvgIpc) is 3.04.